The molecule has 0 spiro atoms. The molecule has 0 aliphatic carbocycles. The van der Waals surface area contributed by atoms with Crippen molar-refractivity contribution >= 4 is 8.32 Å². The highest BCUT2D eigenvalue weighted by Gasteiger charge is 2.13. The number of hydrogen-bond donors (Lipinski definition) is 0. The summed E-state index contributed by atoms with van der Waals surface area (Å²) in [6.07, 6.45) is 14.9. The first-order chi connectivity index (χ1) is 23.6. The fraction of sp³-hybridized carbons (Fsp3) is 1.00. The molecule has 0 aromatic rings. The van der Waals surface area contributed by atoms with Crippen molar-refractivity contribution in [3.63, 3.8) is 0 Å². The standard InChI is InChI=1S/C36H76O11Si/c1-5-6-7-8-9-10-11-12-13-14-15-16-37-17-18-38-19-20-39-21-22-40-23-24-41-25-26-42-27-28-43-29-30-44-31-32-45-33-34-46-35-36-47-48(2,3)4/h5-36H2,1-4H3. The van der Waals surface area contributed by atoms with Crippen molar-refractivity contribution < 1.29 is 51.8 Å². The lowest BCUT2D eigenvalue weighted by Crippen LogP contribution is -2.27. The predicted molar refractivity (Wildman–Crippen MR) is 194 cm³/mol. The van der Waals surface area contributed by atoms with Crippen LogP contribution in [0.25, 0.3) is 0 Å². The van der Waals surface area contributed by atoms with Gasteiger partial charge in [0.05, 0.1) is 132 Å². The van der Waals surface area contributed by atoms with Gasteiger partial charge in [-0.1, -0.05) is 71.1 Å². The number of hydrogen-bond acceptors (Lipinski definition) is 11. The number of ether oxygens (including phenoxy) is 10. The smallest absolute Gasteiger partial charge is 0.183 e. The van der Waals surface area contributed by atoms with Gasteiger partial charge in [0.25, 0.3) is 0 Å². The van der Waals surface area contributed by atoms with Gasteiger partial charge in [-0.15, -0.1) is 0 Å². The molecule has 0 saturated carbocycles. The third kappa shape index (κ3) is 45.8. The normalized spacial score (nSPS) is 12.0. The predicted octanol–water partition coefficient (Wildman–Crippen LogP) is 6.31. The van der Waals surface area contributed by atoms with Gasteiger partial charge in [-0.3, -0.25) is 0 Å². The van der Waals surface area contributed by atoms with Gasteiger partial charge in [-0.2, -0.15) is 0 Å². The molecule has 48 heavy (non-hydrogen) atoms. The third-order valence-electron chi connectivity index (χ3n) is 7.00. The van der Waals surface area contributed by atoms with Crippen molar-refractivity contribution in [2.24, 2.45) is 0 Å². The summed E-state index contributed by atoms with van der Waals surface area (Å²) in [4.78, 5) is 0. The zero-order valence-electron chi connectivity index (χ0n) is 31.6. The van der Waals surface area contributed by atoms with Gasteiger partial charge in [-0.25, -0.2) is 0 Å². The van der Waals surface area contributed by atoms with Crippen LogP contribution in [0.3, 0.4) is 0 Å². The van der Waals surface area contributed by atoms with E-state index in [4.69, 9.17) is 51.8 Å². The van der Waals surface area contributed by atoms with E-state index in [9.17, 15) is 0 Å². The Balaban J connectivity index is 3.05. The van der Waals surface area contributed by atoms with Crippen LogP contribution < -0.4 is 0 Å². The van der Waals surface area contributed by atoms with Crippen molar-refractivity contribution in [2.75, 3.05) is 139 Å². The lowest BCUT2D eigenvalue weighted by Gasteiger charge is -2.16. The SMILES string of the molecule is CCCCCCCCCCCCCOCCOCCOCCOCCOCCOCCOCCOCCOCCOCCO[Si](C)(C)C. The maximum atomic E-state index is 5.72. The molecule has 0 aliphatic heterocycles. The molecule has 0 atom stereocenters. The molecular formula is C36H76O11Si. The molecule has 12 heteroatoms. The van der Waals surface area contributed by atoms with Crippen molar-refractivity contribution in [1.82, 2.24) is 0 Å². The fourth-order valence-corrected chi connectivity index (χ4v) is 5.05. The van der Waals surface area contributed by atoms with Crippen LogP contribution >= 0.6 is 0 Å². The molecule has 290 valence electrons. The highest BCUT2D eigenvalue weighted by molar-refractivity contribution is 6.69. The Labute approximate surface area is 295 Å². The first kappa shape index (κ1) is 47.8. The average Bonchev–Trinajstić information content (AvgIpc) is 3.06. The van der Waals surface area contributed by atoms with Gasteiger partial charge in [-0.05, 0) is 26.1 Å². The Hall–Kier alpha value is -0.223. The highest BCUT2D eigenvalue weighted by atomic mass is 28.4. The van der Waals surface area contributed by atoms with E-state index in [0.717, 1.165) is 13.0 Å². The molecule has 0 fully saturated rings. The minimum atomic E-state index is -1.45. The monoisotopic (exact) mass is 713 g/mol. The highest BCUT2D eigenvalue weighted by Crippen LogP contribution is 2.11. The number of unbranched alkanes of at least 4 members (excludes halogenated alkanes) is 10. The van der Waals surface area contributed by atoms with E-state index in [0.29, 0.717) is 132 Å². The molecule has 11 nitrogen and oxygen atoms in total. The van der Waals surface area contributed by atoms with Crippen LogP contribution in [0.4, 0.5) is 0 Å². The lowest BCUT2D eigenvalue weighted by atomic mass is 10.1. The minimum Gasteiger partial charge on any atom is -0.415 e. The molecule has 0 radical (unpaired) electrons. The second-order valence-electron chi connectivity index (χ2n) is 12.6. The summed E-state index contributed by atoms with van der Waals surface area (Å²) >= 11 is 0. The van der Waals surface area contributed by atoms with E-state index in [1.54, 1.807) is 0 Å². The average molecular weight is 713 g/mol. The summed E-state index contributed by atoms with van der Waals surface area (Å²) in [5.41, 5.74) is 0. The van der Waals surface area contributed by atoms with E-state index in [-0.39, 0.29) is 0 Å². The van der Waals surface area contributed by atoms with E-state index < -0.39 is 8.32 Å². The van der Waals surface area contributed by atoms with Gasteiger partial charge in [0.15, 0.2) is 8.32 Å². The molecule has 0 aliphatic rings. The van der Waals surface area contributed by atoms with Crippen LogP contribution in [0, 0.1) is 0 Å². The van der Waals surface area contributed by atoms with Crippen molar-refractivity contribution in [1.29, 1.82) is 0 Å². The van der Waals surface area contributed by atoms with Crippen molar-refractivity contribution in [2.45, 2.75) is 97.2 Å². The van der Waals surface area contributed by atoms with E-state index in [1.807, 2.05) is 0 Å². The van der Waals surface area contributed by atoms with E-state index in [1.165, 1.54) is 64.2 Å². The Bertz CT molecular complexity index is 585. The zero-order chi connectivity index (χ0) is 34.9. The summed E-state index contributed by atoms with van der Waals surface area (Å²) in [6.45, 7) is 20.8. The second-order valence-corrected chi connectivity index (χ2v) is 17.1. The summed E-state index contributed by atoms with van der Waals surface area (Å²) < 4.78 is 60.9. The van der Waals surface area contributed by atoms with Gasteiger partial charge in [0.2, 0.25) is 0 Å². The summed E-state index contributed by atoms with van der Waals surface area (Å²) in [5.74, 6) is 0. The molecule has 0 saturated heterocycles. The van der Waals surface area contributed by atoms with Gasteiger partial charge < -0.3 is 51.8 Å². The van der Waals surface area contributed by atoms with E-state index >= 15 is 0 Å². The maximum absolute atomic E-state index is 5.72. The van der Waals surface area contributed by atoms with Crippen molar-refractivity contribution in [3.05, 3.63) is 0 Å². The topological polar surface area (TPSA) is 102 Å². The molecular weight excluding hydrogens is 636 g/mol. The van der Waals surface area contributed by atoms with Crippen molar-refractivity contribution in [3.8, 4) is 0 Å². The van der Waals surface area contributed by atoms with Crippen LogP contribution in [0.5, 0.6) is 0 Å². The molecule has 0 bridgehead atoms. The van der Waals surface area contributed by atoms with Gasteiger partial charge in [0.1, 0.15) is 0 Å². The quantitative estimate of drug-likeness (QED) is 0.0525. The van der Waals surface area contributed by atoms with Crippen LogP contribution in [0.2, 0.25) is 19.6 Å². The Morgan fingerprint density at radius 3 is 0.708 bits per heavy atom. The Morgan fingerprint density at radius 1 is 0.250 bits per heavy atom. The first-order valence-corrected chi connectivity index (χ1v) is 22.4. The Morgan fingerprint density at radius 2 is 0.458 bits per heavy atom. The van der Waals surface area contributed by atoms with Crippen LogP contribution in [-0.4, -0.2) is 147 Å². The summed E-state index contributed by atoms with van der Waals surface area (Å²) in [6, 6.07) is 0. The maximum Gasteiger partial charge on any atom is 0.183 e. The molecule has 0 heterocycles. The third-order valence-corrected chi connectivity index (χ3v) is 8.07. The number of rotatable bonds is 43. The van der Waals surface area contributed by atoms with Crippen LogP contribution in [0.15, 0.2) is 0 Å². The van der Waals surface area contributed by atoms with Gasteiger partial charge in [0, 0.05) is 6.61 Å². The largest absolute Gasteiger partial charge is 0.415 e. The van der Waals surface area contributed by atoms with Crippen LogP contribution in [0.1, 0.15) is 77.6 Å². The lowest BCUT2D eigenvalue weighted by molar-refractivity contribution is -0.0267. The Kier molecular flexibility index (Phi) is 41.0. The zero-order valence-corrected chi connectivity index (χ0v) is 32.6. The molecule has 0 N–H and O–H groups in total. The van der Waals surface area contributed by atoms with Gasteiger partial charge >= 0.3 is 0 Å². The first-order valence-electron chi connectivity index (χ1n) is 19.0. The van der Waals surface area contributed by atoms with E-state index in [2.05, 4.69) is 26.6 Å². The molecule has 0 amide bonds. The second kappa shape index (κ2) is 41.2. The molecule has 0 aromatic heterocycles. The summed E-state index contributed by atoms with van der Waals surface area (Å²) in [7, 11) is -1.45. The molecule has 0 unspecified atom stereocenters. The minimum absolute atomic E-state index is 0.527. The van der Waals surface area contributed by atoms with Crippen LogP contribution in [-0.2, 0) is 51.8 Å². The fourth-order valence-electron chi connectivity index (χ4n) is 4.36. The summed E-state index contributed by atoms with van der Waals surface area (Å²) in [5, 5.41) is 0. The molecule has 0 rings (SSSR count). The molecule has 0 aromatic carbocycles.